The van der Waals surface area contributed by atoms with Crippen molar-refractivity contribution in [2.45, 2.75) is 25.5 Å². The van der Waals surface area contributed by atoms with E-state index in [9.17, 15) is 0 Å². The average molecular weight is 267 g/mol. The number of rotatable bonds is 5. The lowest BCUT2D eigenvalue weighted by Gasteiger charge is -2.26. The number of fused-ring (bicyclic) bond motifs is 1. The van der Waals surface area contributed by atoms with Crippen LogP contribution < -0.4 is 5.32 Å². The van der Waals surface area contributed by atoms with E-state index >= 15 is 0 Å². The van der Waals surface area contributed by atoms with Crippen LogP contribution in [0, 0.1) is 0 Å². The van der Waals surface area contributed by atoms with Gasteiger partial charge >= 0.3 is 0 Å². The molecule has 1 heterocycles. The molecule has 0 aliphatic carbocycles. The fourth-order valence-electron chi connectivity index (χ4n) is 2.76. The van der Waals surface area contributed by atoms with Crippen molar-refractivity contribution in [1.82, 2.24) is 5.32 Å². The minimum Gasteiger partial charge on any atom is -0.375 e. The van der Waals surface area contributed by atoms with Crippen LogP contribution in [0.25, 0.3) is 0 Å². The molecular formula is C18H21NO. The van der Waals surface area contributed by atoms with Crippen LogP contribution >= 0.6 is 0 Å². The molecule has 1 aliphatic heterocycles. The van der Waals surface area contributed by atoms with Gasteiger partial charge in [-0.1, -0.05) is 54.6 Å². The van der Waals surface area contributed by atoms with E-state index in [4.69, 9.17) is 4.74 Å². The normalized spacial score (nSPS) is 17.7. The van der Waals surface area contributed by atoms with Crippen LogP contribution in [0.1, 0.15) is 29.2 Å². The molecule has 0 spiro atoms. The third-order valence-electron chi connectivity index (χ3n) is 3.85. The second kappa shape index (κ2) is 6.69. The fourth-order valence-corrected chi connectivity index (χ4v) is 2.76. The SMILES string of the molecule is c1ccc(CCCNC2COCc3ccccc32)cc1. The Hall–Kier alpha value is -1.64. The lowest BCUT2D eigenvalue weighted by Crippen LogP contribution is -2.30. The Bertz CT molecular complexity index is 538. The molecule has 2 aromatic rings. The number of hydrogen-bond donors (Lipinski definition) is 1. The number of ether oxygens (including phenoxy) is 1. The topological polar surface area (TPSA) is 21.3 Å². The zero-order valence-electron chi connectivity index (χ0n) is 11.7. The number of hydrogen-bond acceptors (Lipinski definition) is 2. The number of aryl methyl sites for hydroxylation is 1. The van der Waals surface area contributed by atoms with Gasteiger partial charge in [0.05, 0.1) is 19.3 Å². The Balaban J connectivity index is 1.50. The lowest BCUT2D eigenvalue weighted by atomic mass is 9.99. The van der Waals surface area contributed by atoms with Gasteiger partial charge in [0.25, 0.3) is 0 Å². The summed E-state index contributed by atoms with van der Waals surface area (Å²) < 4.78 is 5.66. The highest BCUT2D eigenvalue weighted by molar-refractivity contribution is 5.31. The van der Waals surface area contributed by atoms with Crippen LogP contribution in [0.15, 0.2) is 54.6 Å². The first kappa shape index (κ1) is 13.3. The molecule has 1 unspecified atom stereocenters. The standard InChI is InChI=1S/C18H21NO/c1-2-7-15(8-3-1)9-6-12-19-18-14-20-13-16-10-4-5-11-17(16)18/h1-5,7-8,10-11,18-19H,6,9,12-14H2. The Morgan fingerprint density at radius 2 is 1.80 bits per heavy atom. The van der Waals surface area contributed by atoms with E-state index in [-0.39, 0.29) is 0 Å². The van der Waals surface area contributed by atoms with Crippen LogP contribution in [0.3, 0.4) is 0 Å². The first-order valence-electron chi connectivity index (χ1n) is 7.36. The van der Waals surface area contributed by atoms with Gasteiger partial charge in [0, 0.05) is 0 Å². The van der Waals surface area contributed by atoms with Gasteiger partial charge in [-0.15, -0.1) is 0 Å². The molecule has 0 bridgehead atoms. The summed E-state index contributed by atoms with van der Waals surface area (Å²) in [5.74, 6) is 0. The van der Waals surface area contributed by atoms with Crippen LogP contribution in [-0.2, 0) is 17.8 Å². The Labute approximate surface area is 120 Å². The summed E-state index contributed by atoms with van der Waals surface area (Å²) in [5, 5.41) is 3.62. The Morgan fingerprint density at radius 1 is 1.00 bits per heavy atom. The van der Waals surface area contributed by atoms with Crippen molar-refractivity contribution >= 4 is 0 Å². The van der Waals surface area contributed by atoms with Crippen LogP contribution in [0.4, 0.5) is 0 Å². The summed E-state index contributed by atoms with van der Waals surface area (Å²) in [6.45, 7) is 2.55. The molecule has 1 N–H and O–H groups in total. The van der Waals surface area contributed by atoms with Crippen molar-refractivity contribution in [3.05, 3.63) is 71.3 Å². The first-order valence-corrected chi connectivity index (χ1v) is 7.36. The molecule has 20 heavy (non-hydrogen) atoms. The van der Waals surface area contributed by atoms with Gasteiger partial charge in [0.1, 0.15) is 0 Å². The molecule has 0 radical (unpaired) electrons. The quantitative estimate of drug-likeness (QED) is 0.837. The second-order valence-corrected chi connectivity index (χ2v) is 5.31. The molecule has 104 valence electrons. The molecule has 0 amide bonds. The fraction of sp³-hybridized carbons (Fsp3) is 0.333. The summed E-state index contributed by atoms with van der Waals surface area (Å²) in [5.41, 5.74) is 4.13. The highest BCUT2D eigenvalue weighted by Crippen LogP contribution is 2.24. The maximum atomic E-state index is 5.66. The monoisotopic (exact) mass is 267 g/mol. The molecule has 2 aromatic carbocycles. The van der Waals surface area contributed by atoms with E-state index in [2.05, 4.69) is 59.9 Å². The molecule has 1 aliphatic rings. The maximum absolute atomic E-state index is 5.66. The smallest absolute Gasteiger partial charge is 0.0721 e. The maximum Gasteiger partial charge on any atom is 0.0721 e. The summed E-state index contributed by atoms with van der Waals surface area (Å²) in [6.07, 6.45) is 2.28. The van der Waals surface area contributed by atoms with E-state index in [0.29, 0.717) is 6.04 Å². The average Bonchev–Trinajstić information content (AvgIpc) is 2.53. The zero-order chi connectivity index (χ0) is 13.6. The minimum absolute atomic E-state index is 0.343. The van der Waals surface area contributed by atoms with Gasteiger partial charge in [-0.2, -0.15) is 0 Å². The van der Waals surface area contributed by atoms with Crippen LogP contribution in [0.5, 0.6) is 0 Å². The van der Waals surface area contributed by atoms with Crippen LogP contribution in [-0.4, -0.2) is 13.2 Å². The van der Waals surface area contributed by atoms with Crippen molar-refractivity contribution < 1.29 is 4.74 Å². The summed E-state index contributed by atoms with van der Waals surface area (Å²) >= 11 is 0. The Kier molecular flexibility index (Phi) is 4.46. The summed E-state index contributed by atoms with van der Waals surface area (Å²) in [7, 11) is 0. The third kappa shape index (κ3) is 3.27. The van der Waals surface area contributed by atoms with Gasteiger partial charge in [-0.05, 0) is 36.1 Å². The summed E-state index contributed by atoms with van der Waals surface area (Å²) in [4.78, 5) is 0. The second-order valence-electron chi connectivity index (χ2n) is 5.31. The highest BCUT2D eigenvalue weighted by Gasteiger charge is 2.19. The molecule has 0 fully saturated rings. The van der Waals surface area contributed by atoms with Crippen molar-refractivity contribution in [2.24, 2.45) is 0 Å². The van der Waals surface area contributed by atoms with Gasteiger partial charge < -0.3 is 10.1 Å². The van der Waals surface area contributed by atoms with Crippen molar-refractivity contribution in [1.29, 1.82) is 0 Å². The van der Waals surface area contributed by atoms with Gasteiger partial charge in [0.2, 0.25) is 0 Å². The molecular weight excluding hydrogens is 246 g/mol. The molecule has 2 heteroatoms. The molecule has 0 saturated heterocycles. The predicted octanol–water partition coefficient (Wildman–Crippen LogP) is 3.48. The highest BCUT2D eigenvalue weighted by atomic mass is 16.5. The van der Waals surface area contributed by atoms with E-state index in [1.54, 1.807) is 0 Å². The predicted molar refractivity (Wildman–Crippen MR) is 81.6 cm³/mol. The molecule has 0 saturated carbocycles. The Morgan fingerprint density at radius 3 is 2.70 bits per heavy atom. The van der Waals surface area contributed by atoms with E-state index < -0.39 is 0 Å². The lowest BCUT2D eigenvalue weighted by molar-refractivity contribution is 0.0822. The number of nitrogens with one attached hydrogen (secondary N) is 1. The largest absolute Gasteiger partial charge is 0.375 e. The van der Waals surface area contributed by atoms with E-state index in [1.165, 1.54) is 16.7 Å². The van der Waals surface area contributed by atoms with Gasteiger partial charge in [-0.25, -0.2) is 0 Å². The van der Waals surface area contributed by atoms with Crippen molar-refractivity contribution in [2.75, 3.05) is 13.2 Å². The third-order valence-corrected chi connectivity index (χ3v) is 3.85. The van der Waals surface area contributed by atoms with Gasteiger partial charge in [-0.3, -0.25) is 0 Å². The first-order chi connectivity index (χ1) is 9.93. The van der Waals surface area contributed by atoms with Crippen molar-refractivity contribution in [3.8, 4) is 0 Å². The molecule has 2 nitrogen and oxygen atoms in total. The van der Waals surface area contributed by atoms with E-state index in [1.807, 2.05) is 0 Å². The minimum atomic E-state index is 0.343. The molecule has 1 atom stereocenters. The number of benzene rings is 2. The van der Waals surface area contributed by atoms with Gasteiger partial charge in [0.15, 0.2) is 0 Å². The molecule has 3 rings (SSSR count). The van der Waals surface area contributed by atoms with E-state index in [0.717, 1.165) is 32.6 Å². The summed E-state index contributed by atoms with van der Waals surface area (Å²) in [6, 6.07) is 19.6. The van der Waals surface area contributed by atoms with Crippen LogP contribution in [0.2, 0.25) is 0 Å². The zero-order valence-corrected chi connectivity index (χ0v) is 11.7. The van der Waals surface area contributed by atoms with Crippen molar-refractivity contribution in [3.63, 3.8) is 0 Å². The molecule has 0 aromatic heterocycles.